The van der Waals surface area contributed by atoms with Gasteiger partial charge in [-0.05, 0) is 44.4 Å². The maximum Gasteiger partial charge on any atom is 0.347 e. The van der Waals surface area contributed by atoms with Crippen LogP contribution in [-0.2, 0) is 11.2 Å². The number of aliphatic carboxylic acids is 1. The normalized spacial score (nSPS) is 10.7. The lowest BCUT2D eigenvalue weighted by molar-refractivity contribution is -0.152. The number of benzene rings is 1. The molecule has 0 amide bonds. The summed E-state index contributed by atoms with van der Waals surface area (Å²) in [7, 11) is 0. The molecular formula is C15H18O3. The van der Waals surface area contributed by atoms with Crippen molar-refractivity contribution in [2.45, 2.75) is 38.7 Å². The SMILES string of the molecule is C#CCCCc1ccc(OC(C)(C)C(=O)O)cc1. The first kappa shape index (κ1) is 14.1. The van der Waals surface area contributed by atoms with E-state index in [2.05, 4.69) is 5.92 Å². The fourth-order valence-corrected chi connectivity index (χ4v) is 1.46. The Hall–Kier alpha value is -1.95. The number of hydrogen-bond donors (Lipinski definition) is 1. The summed E-state index contributed by atoms with van der Waals surface area (Å²) in [4.78, 5) is 10.9. The molecule has 0 fully saturated rings. The fraction of sp³-hybridized carbons (Fsp3) is 0.400. The quantitative estimate of drug-likeness (QED) is 0.620. The summed E-state index contributed by atoms with van der Waals surface area (Å²) in [6.07, 6.45) is 7.84. The zero-order valence-electron chi connectivity index (χ0n) is 10.8. The largest absolute Gasteiger partial charge is 0.478 e. The van der Waals surface area contributed by atoms with Crippen LogP contribution in [0.15, 0.2) is 24.3 Å². The summed E-state index contributed by atoms with van der Waals surface area (Å²) >= 11 is 0. The molecule has 0 aliphatic heterocycles. The minimum absolute atomic E-state index is 0.558. The molecule has 0 bridgehead atoms. The first-order valence-electron chi connectivity index (χ1n) is 5.90. The van der Waals surface area contributed by atoms with Crippen LogP contribution in [0.5, 0.6) is 5.75 Å². The first-order chi connectivity index (χ1) is 8.45. The number of terminal acetylenes is 1. The monoisotopic (exact) mass is 246 g/mol. The van der Waals surface area contributed by atoms with Gasteiger partial charge in [-0.15, -0.1) is 12.3 Å². The highest BCUT2D eigenvalue weighted by Crippen LogP contribution is 2.19. The predicted molar refractivity (Wildman–Crippen MR) is 70.6 cm³/mol. The molecule has 0 saturated carbocycles. The minimum atomic E-state index is -1.22. The van der Waals surface area contributed by atoms with Crippen molar-refractivity contribution in [2.75, 3.05) is 0 Å². The molecule has 0 radical (unpaired) electrons. The second-order valence-corrected chi connectivity index (χ2v) is 4.62. The van der Waals surface area contributed by atoms with Crippen molar-refractivity contribution in [2.24, 2.45) is 0 Å². The summed E-state index contributed by atoms with van der Waals surface area (Å²) in [5, 5.41) is 8.96. The van der Waals surface area contributed by atoms with Gasteiger partial charge < -0.3 is 9.84 Å². The van der Waals surface area contributed by atoms with E-state index >= 15 is 0 Å². The molecule has 0 aliphatic carbocycles. The number of hydrogen-bond acceptors (Lipinski definition) is 2. The maximum absolute atomic E-state index is 10.9. The fourth-order valence-electron chi connectivity index (χ4n) is 1.46. The van der Waals surface area contributed by atoms with E-state index in [1.165, 1.54) is 19.4 Å². The number of unbranched alkanes of at least 4 members (excludes halogenated alkanes) is 1. The van der Waals surface area contributed by atoms with Crippen molar-refractivity contribution in [1.82, 2.24) is 0 Å². The van der Waals surface area contributed by atoms with E-state index in [9.17, 15) is 4.79 Å². The van der Waals surface area contributed by atoms with Crippen LogP contribution in [0.1, 0.15) is 32.3 Å². The average Bonchev–Trinajstić information content (AvgIpc) is 2.31. The molecule has 0 aromatic heterocycles. The van der Waals surface area contributed by atoms with Gasteiger partial charge in [-0.1, -0.05) is 12.1 Å². The van der Waals surface area contributed by atoms with E-state index in [-0.39, 0.29) is 0 Å². The van der Waals surface area contributed by atoms with E-state index < -0.39 is 11.6 Å². The second kappa shape index (κ2) is 6.11. The summed E-state index contributed by atoms with van der Waals surface area (Å²) in [5.74, 6) is 2.18. The minimum Gasteiger partial charge on any atom is -0.478 e. The van der Waals surface area contributed by atoms with Crippen LogP contribution in [0, 0.1) is 12.3 Å². The Morgan fingerprint density at radius 3 is 2.50 bits per heavy atom. The molecule has 3 heteroatoms. The Labute approximate surface area is 108 Å². The van der Waals surface area contributed by atoms with Crippen LogP contribution in [0.3, 0.4) is 0 Å². The Kier molecular flexibility index (Phi) is 4.79. The molecule has 1 aromatic rings. The van der Waals surface area contributed by atoms with Crippen LogP contribution < -0.4 is 4.74 Å². The van der Waals surface area contributed by atoms with E-state index in [0.29, 0.717) is 5.75 Å². The van der Waals surface area contributed by atoms with Gasteiger partial charge in [0.2, 0.25) is 0 Å². The van der Waals surface area contributed by atoms with Crippen molar-refractivity contribution in [1.29, 1.82) is 0 Å². The molecule has 1 N–H and O–H groups in total. The predicted octanol–water partition coefficient (Wildman–Crippen LogP) is 2.88. The molecule has 1 rings (SSSR count). The smallest absolute Gasteiger partial charge is 0.347 e. The van der Waals surface area contributed by atoms with Gasteiger partial charge >= 0.3 is 5.97 Å². The lowest BCUT2D eigenvalue weighted by Crippen LogP contribution is -2.37. The second-order valence-electron chi connectivity index (χ2n) is 4.62. The van der Waals surface area contributed by atoms with E-state index in [1.54, 1.807) is 12.1 Å². The lowest BCUT2D eigenvalue weighted by Gasteiger charge is -2.21. The molecule has 18 heavy (non-hydrogen) atoms. The van der Waals surface area contributed by atoms with E-state index in [1.807, 2.05) is 12.1 Å². The van der Waals surface area contributed by atoms with Crippen LogP contribution in [0.2, 0.25) is 0 Å². The van der Waals surface area contributed by atoms with Crippen molar-refractivity contribution in [3.63, 3.8) is 0 Å². The van der Waals surface area contributed by atoms with Crippen molar-refractivity contribution >= 4 is 5.97 Å². The molecule has 0 saturated heterocycles. The summed E-state index contributed by atoms with van der Waals surface area (Å²) in [5.41, 5.74) is -0.0453. The molecule has 96 valence electrons. The van der Waals surface area contributed by atoms with Crippen LogP contribution in [0.25, 0.3) is 0 Å². The van der Waals surface area contributed by atoms with Gasteiger partial charge in [0.25, 0.3) is 0 Å². The summed E-state index contributed by atoms with van der Waals surface area (Å²) in [6.45, 7) is 3.05. The Morgan fingerprint density at radius 1 is 1.39 bits per heavy atom. The van der Waals surface area contributed by atoms with Gasteiger partial charge in [0, 0.05) is 6.42 Å². The van der Waals surface area contributed by atoms with Crippen molar-refractivity contribution < 1.29 is 14.6 Å². The lowest BCUT2D eigenvalue weighted by atomic mass is 10.1. The Balaban J connectivity index is 2.61. The zero-order chi connectivity index (χ0) is 13.6. The molecular weight excluding hydrogens is 228 g/mol. The number of carboxylic acid groups (broad SMARTS) is 1. The topological polar surface area (TPSA) is 46.5 Å². The van der Waals surface area contributed by atoms with Gasteiger partial charge in [-0.2, -0.15) is 0 Å². The zero-order valence-corrected chi connectivity index (χ0v) is 10.8. The summed E-state index contributed by atoms with van der Waals surface area (Å²) < 4.78 is 5.41. The third-order valence-corrected chi connectivity index (χ3v) is 2.60. The highest BCUT2D eigenvalue weighted by atomic mass is 16.5. The number of carboxylic acids is 1. The first-order valence-corrected chi connectivity index (χ1v) is 5.90. The number of aryl methyl sites for hydroxylation is 1. The molecule has 3 nitrogen and oxygen atoms in total. The number of carbonyl (C=O) groups is 1. The van der Waals surface area contributed by atoms with Crippen LogP contribution in [0.4, 0.5) is 0 Å². The highest BCUT2D eigenvalue weighted by Gasteiger charge is 2.29. The number of ether oxygens (including phenoxy) is 1. The Morgan fingerprint density at radius 2 is 2.00 bits per heavy atom. The van der Waals surface area contributed by atoms with Crippen LogP contribution in [-0.4, -0.2) is 16.7 Å². The van der Waals surface area contributed by atoms with Gasteiger partial charge in [-0.25, -0.2) is 4.79 Å². The van der Waals surface area contributed by atoms with Gasteiger partial charge in [0.1, 0.15) is 5.75 Å². The summed E-state index contributed by atoms with van der Waals surface area (Å²) in [6, 6.07) is 7.44. The number of rotatable bonds is 6. The highest BCUT2D eigenvalue weighted by molar-refractivity contribution is 5.76. The standard InChI is InChI=1S/C15H18O3/c1-4-5-6-7-12-8-10-13(11-9-12)18-15(2,3)14(16)17/h1,8-11H,5-7H2,2-3H3,(H,16,17). The van der Waals surface area contributed by atoms with Gasteiger partial charge in [0.15, 0.2) is 5.60 Å². The average molecular weight is 246 g/mol. The molecule has 0 atom stereocenters. The van der Waals surface area contributed by atoms with Gasteiger partial charge in [-0.3, -0.25) is 0 Å². The van der Waals surface area contributed by atoms with Crippen molar-refractivity contribution in [3.05, 3.63) is 29.8 Å². The third kappa shape index (κ3) is 4.14. The van der Waals surface area contributed by atoms with Crippen LogP contribution >= 0.6 is 0 Å². The molecule has 0 spiro atoms. The van der Waals surface area contributed by atoms with Crippen molar-refractivity contribution in [3.8, 4) is 18.1 Å². The maximum atomic E-state index is 10.9. The van der Waals surface area contributed by atoms with E-state index in [4.69, 9.17) is 16.3 Å². The van der Waals surface area contributed by atoms with Gasteiger partial charge in [0.05, 0.1) is 0 Å². The Bertz CT molecular complexity index is 438. The molecule has 0 aliphatic rings. The molecule has 1 aromatic carbocycles. The third-order valence-electron chi connectivity index (χ3n) is 2.60. The molecule has 0 heterocycles. The molecule has 0 unspecified atom stereocenters. The van der Waals surface area contributed by atoms with E-state index in [0.717, 1.165) is 19.3 Å².